The summed E-state index contributed by atoms with van der Waals surface area (Å²) in [4.78, 5) is 13.3. The standard InChI is InChI=1S/C76H125NO13/c1-3-5-7-9-11-13-15-17-19-21-23-25-27-29-31-32-34-36-38-40-42-44-46-48-50-52-54-56-58-60-68(81)77-64(63-87-75-73(86)71(84)74(67(62-79)89-75)90-76-72(85)70(83)69(82)66(61-78)88-76)65(80)59-57-55-53-51-49-47-45-43-41-39-37-35-33-30-28-26-24-22-20-18-16-14-12-10-8-6-4-2/h5,7,11,13,17,19,23,25,29,31,34,36,40-43,46,48-49,51-52,54,57,59,64-67,69-76,78-80,82-86H,3-4,6,8-10,12,14-16,18,20-22,24,26-28,30,32-33,35,37-39,44-45,47,50,53,55-56,58,60-63H2,1-2H3,(H,77,81)/b7-5-,13-11-,19-17-,25-23-,31-29-,36-34-,42-40-,43-41+,48-46-,51-49+,54-52-,59-57+. The second-order valence-corrected chi connectivity index (χ2v) is 23.9. The third-order valence-corrected chi connectivity index (χ3v) is 16.0. The number of aliphatic hydroxyl groups excluding tert-OH is 8. The Morgan fingerprint density at radius 1 is 0.411 bits per heavy atom. The number of unbranched alkanes of at least 4 members (excludes halogenated alkanes) is 20. The molecule has 0 radical (unpaired) electrons. The van der Waals surface area contributed by atoms with Crippen LogP contribution in [0.15, 0.2) is 146 Å². The van der Waals surface area contributed by atoms with Crippen molar-refractivity contribution >= 4 is 5.91 Å². The molecule has 9 N–H and O–H groups in total. The van der Waals surface area contributed by atoms with E-state index in [2.05, 4.69) is 147 Å². The van der Waals surface area contributed by atoms with E-state index in [0.717, 1.165) is 83.5 Å². The first-order valence-electron chi connectivity index (χ1n) is 35.1. The Labute approximate surface area is 544 Å². The van der Waals surface area contributed by atoms with Crippen LogP contribution < -0.4 is 5.32 Å². The molecule has 90 heavy (non-hydrogen) atoms. The van der Waals surface area contributed by atoms with Crippen molar-refractivity contribution in [2.75, 3.05) is 19.8 Å². The Balaban J connectivity index is 1.76. The number of hydrogen-bond acceptors (Lipinski definition) is 13. The Hall–Kier alpha value is -4.13. The minimum Gasteiger partial charge on any atom is -0.394 e. The van der Waals surface area contributed by atoms with E-state index in [1.54, 1.807) is 6.08 Å². The molecular formula is C76H125NO13. The summed E-state index contributed by atoms with van der Waals surface area (Å²) in [5, 5.41) is 87.3. The van der Waals surface area contributed by atoms with Gasteiger partial charge >= 0.3 is 0 Å². The van der Waals surface area contributed by atoms with E-state index >= 15 is 0 Å². The molecule has 0 aromatic carbocycles. The predicted octanol–water partition coefficient (Wildman–Crippen LogP) is 14.5. The van der Waals surface area contributed by atoms with Gasteiger partial charge in [0, 0.05) is 6.42 Å². The van der Waals surface area contributed by atoms with Crippen molar-refractivity contribution in [3.63, 3.8) is 0 Å². The third kappa shape index (κ3) is 42.2. The van der Waals surface area contributed by atoms with E-state index in [1.165, 1.54) is 109 Å². The first kappa shape index (κ1) is 82.0. The molecule has 1 amide bonds. The lowest BCUT2D eigenvalue weighted by Gasteiger charge is -2.46. The monoisotopic (exact) mass is 1260 g/mol. The molecular weight excluding hydrogens is 1130 g/mol. The van der Waals surface area contributed by atoms with Crippen molar-refractivity contribution in [3.05, 3.63) is 146 Å². The van der Waals surface area contributed by atoms with Gasteiger partial charge in [-0.2, -0.15) is 0 Å². The average molecular weight is 1260 g/mol. The summed E-state index contributed by atoms with van der Waals surface area (Å²) < 4.78 is 22.8. The zero-order valence-electron chi connectivity index (χ0n) is 55.6. The van der Waals surface area contributed by atoms with Crippen LogP contribution in [0.5, 0.6) is 0 Å². The van der Waals surface area contributed by atoms with Gasteiger partial charge < -0.3 is 65.1 Å². The first-order valence-corrected chi connectivity index (χ1v) is 35.1. The van der Waals surface area contributed by atoms with Crippen LogP contribution in [-0.4, -0.2) is 140 Å². The van der Waals surface area contributed by atoms with E-state index in [0.29, 0.717) is 19.3 Å². The minimum absolute atomic E-state index is 0.180. The molecule has 2 rings (SSSR count). The molecule has 0 aromatic heterocycles. The number of amides is 1. The van der Waals surface area contributed by atoms with Crippen molar-refractivity contribution in [1.29, 1.82) is 0 Å². The van der Waals surface area contributed by atoms with E-state index in [-0.39, 0.29) is 18.9 Å². The zero-order chi connectivity index (χ0) is 65.2. The molecule has 2 saturated heterocycles. The Bertz CT molecular complexity index is 2070. The van der Waals surface area contributed by atoms with Gasteiger partial charge in [0.15, 0.2) is 12.6 Å². The lowest BCUT2D eigenvalue weighted by Crippen LogP contribution is -2.65. The van der Waals surface area contributed by atoms with Crippen molar-refractivity contribution in [2.45, 2.75) is 306 Å². The quantitative estimate of drug-likeness (QED) is 0.0204. The van der Waals surface area contributed by atoms with Crippen LogP contribution >= 0.6 is 0 Å². The molecule has 0 aliphatic carbocycles. The smallest absolute Gasteiger partial charge is 0.220 e. The molecule has 2 aliphatic heterocycles. The maximum atomic E-state index is 13.3. The zero-order valence-corrected chi connectivity index (χ0v) is 55.6. The van der Waals surface area contributed by atoms with Gasteiger partial charge in [-0.25, -0.2) is 0 Å². The molecule has 2 fully saturated rings. The third-order valence-electron chi connectivity index (χ3n) is 16.0. The molecule has 14 heteroatoms. The number of aliphatic hydroxyl groups is 8. The lowest BCUT2D eigenvalue weighted by atomic mass is 9.97. The highest BCUT2D eigenvalue weighted by atomic mass is 16.7. The predicted molar refractivity (Wildman–Crippen MR) is 368 cm³/mol. The summed E-state index contributed by atoms with van der Waals surface area (Å²) in [5.41, 5.74) is 0. The number of nitrogens with one attached hydrogen (secondary N) is 1. The maximum Gasteiger partial charge on any atom is 0.220 e. The van der Waals surface area contributed by atoms with Gasteiger partial charge in [0.25, 0.3) is 0 Å². The fraction of sp³-hybridized carbons (Fsp3) is 0.671. The number of carbonyl (C=O) groups excluding carboxylic acids is 1. The summed E-state index contributed by atoms with van der Waals surface area (Å²) in [7, 11) is 0. The molecule has 0 saturated carbocycles. The van der Waals surface area contributed by atoms with Crippen LogP contribution in [0.3, 0.4) is 0 Å². The fourth-order valence-electron chi connectivity index (χ4n) is 10.4. The average Bonchev–Trinajstić information content (AvgIpc) is 1.26. The topological polar surface area (TPSA) is 228 Å². The fourth-order valence-corrected chi connectivity index (χ4v) is 10.4. The minimum atomic E-state index is -1.81. The SMILES string of the molecule is CC/C=C\C/C=C\C/C=C\C/C=C\C/C=C\C/C=C\C/C=C\C/C=C\C/C=C\CCCC(=O)NC(COC1OC(CO)C(OC2OC(CO)C(O)C(O)C2O)C(O)C1O)C(O)/C=C/CC/C=C/CC/C=C/CCCCCCCCCCCCCCCCCCC. The van der Waals surface area contributed by atoms with Gasteiger partial charge in [-0.3, -0.25) is 4.79 Å². The van der Waals surface area contributed by atoms with Gasteiger partial charge in [-0.1, -0.05) is 262 Å². The van der Waals surface area contributed by atoms with Gasteiger partial charge in [-0.05, 0) is 109 Å². The molecule has 12 atom stereocenters. The molecule has 12 unspecified atom stereocenters. The summed E-state index contributed by atoms with van der Waals surface area (Å²) in [6.07, 6.45) is 71.9. The number of hydrogen-bond donors (Lipinski definition) is 9. The van der Waals surface area contributed by atoms with Crippen molar-refractivity contribution in [3.8, 4) is 0 Å². The van der Waals surface area contributed by atoms with Crippen LogP contribution in [0, 0.1) is 0 Å². The molecule has 0 spiro atoms. The highest BCUT2D eigenvalue weighted by Gasteiger charge is 2.51. The number of ether oxygens (including phenoxy) is 4. The molecule has 14 nitrogen and oxygen atoms in total. The van der Waals surface area contributed by atoms with E-state index < -0.39 is 86.8 Å². The largest absolute Gasteiger partial charge is 0.394 e. The second kappa shape index (κ2) is 58.7. The van der Waals surface area contributed by atoms with Crippen LogP contribution in [0.2, 0.25) is 0 Å². The molecule has 0 aromatic rings. The van der Waals surface area contributed by atoms with E-state index in [1.807, 2.05) is 12.2 Å². The van der Waals surface area contributed by atoms with Gasteiger partial charge in [0.05, 0.1) is 32.0 Å². The van der Waals surface area contributed by atoms with Gasteiger partial charge in [-0.15, -0.1) is 0 Å². The highest BCUT2D eigenvalue weighted by molar-refractivity contribution is 5.76. The molecule has 0 bridgehead atoms. The molecule has 2 aliphatic rings. The normalized spacial score (nSPS) is 23.8. The van der Waals surface area contributed by atoms with Crippen molar-refractivity contribution in [1.82, 2.24) is 5.32 Å². The van der Waals surface area contributed by atoms with Crippen LogP contribution in [0.25, 0.3) is 0 Å². The van der Waals surface area contributed by atoms with Crippen LogP contribution in [-0.2, 0) is 23.7 Å². The highest BCUT2D eigenvalue weighted by Crippen LogP contribution is 2.30. The van der Waals surface area contributed by atoms with Gasteiger partial charge in [0.1, 0.15) is 48.8 Å². The lowest BCUT2D eigenvalue weighted by molar-refractivity contribution is -0.359. The number of carbonyl (C=O) groups is 1. The summed E-state index contributed by atoms with van der Waals surface area (Å²) in [6, 6.07) is -0.982. The molecule has 512 valence electrons. The Kier molecular flexibility index (Phi) is 53.4. The van der Waals surface area contributed by atoms with Crippen molar-refractivity contribution in [2.24, 2.45) is 0 Å². The van der Waals surface area contributed by atoms with Crippen LogP contribution in [0.1, 0.15) is 232 Å². The molecule has 2 heterocycles. The van der Waals surface area contributed by atoms with Gasteiger partial charge in [0.2, 0.25) is 5.91 Å². The Morgan fingerprint density at radius 2 is 0.778 bits per heavy atom. The second-order valence-electron chi connectivity index (χ2n) is 23.9. The Morgan fingerprint density at radius 3 is 1.22 bits per heavy atom. The summed E-state index contributed by atoms with van der Waals surface area (Å²) >= 11 is 0. The first-order chi connectivity index (χ1) is 44.1. The van der Waals surface area contributed by atoms with Crippen LogP contribution in [0.4, 0.5) is 0 Å². The summed E-state index contributed by atoms with van der Waals surface area (Å²) in [6.45, 7) is 2.62. The number of allylic oxidation sites excluding steroid dienone is 23. The summed E-state index contributed by atoms with van der Waals surface area (Å²) in [5.74, 6) is -0.316. The van der Waals surface area contributed by atoms with E-state index in [9.17, 15) is 45.6 Å². The number of rotatable bonds is 55. The van der Waals surface area contributed by atoms with E-state index in [4.69, 9.17) is 18.9 Å². The van der Waals surface area contributed by atoms with Crippen molar-refractivity contribution < 1.29 is 64.6 Å². The maximum absolute atomic E-state index is 13.3.